The number of carbonyl (C=O) groups excluding carboxylic acids is 1. The summed E-state index contributed by atoms with van der Waals surface area (Å²) in [6, 6.07) is -0.126. The van der Waals surface area contributed by atoms with Crippen LogP contribution in [0.2, 0.25) is 0 Å². The normalized spacial score (nSPS) is 12.1. The van der Waals surface area contributed by atoms with E-state index in [1.807, 2.05) is 0 Å². The van der Waals surface area contributed by atoms with Crippen LogP contribution >= 0.6 is 12.2 Å². The Balaban J connectivity index is 3.84. The Morgan fingerprint density at radius 2 is 2.00 bits per heavy atom. The Bertz CT molecular complexity index is 207. The largest absolute Gasteiger partial charge is 0.392 e. The number of carbonyl (C=O) groups is 1. The summed E-state index contributed by atoms with van der Waals surface area (Å²) in [5, 5.41) is 2.87. The molecule has 0 bridgehead atoms. The van der Waals surface area contributed by atoms with E-state index in [0.717, 1.165) is 32.1 Å². The first-order valence-corrected chi connectivity index (χ1v) is 6.11. The van der Waals surface area contributed by atoms with Crippen molar-refractivity contribution < 1.29 is 4.79 Å². The lowest BCUT2D eigenvalue weighted by molar-refractivity contribution is -0.121. The van der Waals surface area contributed by atoms with Gasteiger partial charge in [0, 0.05) is 6.42 Å². The number of hydrogen-bond donors (Lipinski definition) is 2. The molecule has 0 saturated heterocycles. The molecule has 4 heteroatoms. The van der Waals surface area contributed by atoms with Crippen LogP contribution in [0.3, 0.4) is 0 Å². The highest BCUT2D eigenvalue weighted by atomic mass is 32.1. The van der Waals surface area contributed by atoms with Gasteiger partial charge in [-0.3, -0.25) is 4.79 Å². The lowest BCUT2D eigenvalue weighted by Gasteiger charge is -2.16. The zero-order valence-corrected chi connectivity index (χ0v) is 10.5. The van der Waals surface area contributed by atoms with E-state index in [1.165, 1.54) is 0 Å². The first-order valence-electron chi connectivity index (χ1n) is 5.70. The third-order valence-electron chi connectivity index (χ3n) is 2.26. The Morgan fingerprint density at radius 3 is 2.47 bits per heavy atom. The molecule has 0 rings (SSSR count). The molecule has 0 spiro atoms. The molecule has 15 heavy (non-hydrogen) atoms. The minimum absolute atomic E-state index is 0.0645. The lowest BCUT2D eigenvalue weighted by Crippen LogP contribution is -2.43. The fourth-order valence-corrected chi connectivity index (χ4v) is 1.55. The van der Waals surface area contributed by atoms with Crippen molar-refractivity contribution in [2.24, 2.45) is 5.73 Å². The van der Waals surface area contributed by atoms with Crippen LogP contribution in [-0.2, 0) is 4.79 Å². The molecule has 0 aromatic heterocycles. The van der Waals surface area contributed by atoms with Gasteiger partial charge in [-0.25, -0.2) is 0 Å². The van der Waals surface area contributed by atoms with Gasteiger partial charge in [-0.2, -0.15) is 0 Å². The Labute approximate surface area is 97.8 Å². The van der Waals surface area contributed by atoms with Crippen LogP contribution < -0.4 is 11.1 Å². The first-order chi connectivity index (χ1) is 7.11. The number of nitrogens with two attached hydrogens (primary N) is 1. The van der Waals surface area contributed by atoms with Gasteiger partial charge in [0.25, 0.3) is 0 Å². The Hall–Kier alpha value is -0.640. The quantitative estimate of drug-likeness (QED) is 0.496. The lowest BCUT2D eigenvalue weighted by atomic mass is 10.1. The predicted molar refractivity (Wildman–Crippen MR) is 67.8 cm³/mol. The summed E-state index contributed by atoms with van der Waals surface area (Å²) < 4.78 is 0. The maximum absolute atomic E-state index is 11.5. The summed E-state index contributed by atoms with van der Waals surface area (Å²) >= 11 is 4.90. The van der Waals surface area contributed by atoms with E-state index in [-0.39, 0.29) is 11.9 Å². The number of rotatable bonds is 8. The second-order valence-electron chi connectivity index (χ2n) is 3.77. The minimum Gasteiger partial charge on any atom is -0.392 e. The van der Waals surface area contributed by atoms with Crippen molar-refractivity contribution in [3.63, 3.8) is 0 Å². The molecule has 0 fully saturated rings. The molecule has 0 aliphatic rings. The molecular weight excluding hydrogens is 208 g/mol. The third kappa shape index (κ3) is 7.31. The van der Waals surface area contributed by atoms with Crippen molar-refractivity contribution >= 4 is 23.1 Å². The highest BCUT2D eigenvalue weighted by molar-refractivity contribution is 7.80. The summed E-state index contributed by atoms with van der Waals surface area (Å²) in [5.41, 5.74) is 5.54. The molecule has 0 aromatic carbocycles. The van der Waals surface area contributed by atoms with Crippen LogP contribution in [0.1, 0.15) is 52.4 Å². The summed E-state index contributed by atoms with van der Waals surface area (Å²) in [6.07, 6.45) is 5.54. The van der Waals surface area contributed by atoms with Crippen molar-refractivity contribution in [1.29, 1.82) is 0 Å². The van der Waals surface area contributed by atoms with Gasteiger partial charge < -0.3 is 11.1 Å². The fraction of sp³-hybridized carbons (Fsp3) is 0.818. The smallest absolute Gasteiger partial charge is 0.220 e. The zero-order valence-electron chi connectivity index (χ0n) is 9.71. The third-order valence-corrected chi connectivity index (χ3v) is 2.55. The van der Waals surface area contributed by atoms with Gasteiger partial charge in [-0.15, -0.1) is 0 Å². The van der Waals surface area contributed by atoms with Crippen molar-refractivity contribution in [2.75, 3.05) is 0 Å². The molecule has 88 valence electrons. The number of hydrogen-bond acceptors (Lipinski definition) is 2. The molecule has 1 unspecified atom stereocenters. The van der Waals surface area contributed by atoms with E-state index >= 15 is 0 Å². The SMILES string of the molecule is CCCCCC(=O)NC(CCC)C(N)=S. The second kappa shape index (κ2) is 8.65. The maximum atomic E-state index is 11.5. The van der Waals surface area contributed by atoms with E-state index in [1.54, 1.807) is 0 Å². The molecule has 0 saturated carbocycles. The number of nitrogens with one attached hydrogen (secondary N) is 1. The standard InChI is InChI=1S/C11H22N2OS/c1-3-5-6-8-10(14)13-9(7-4-2)11(12)15/h9H,3-8H2,1-2H3,(H2,12,15)(H,13,14). The molecule has 0 aliphatic carbocycles. The maximum Gasteiger partial charge on any atom is 0.220 e. The van der Waals surface area contributed by atoms with Crippen molar-refractivity contribution in [3.05, 3.63) is 0 Å². The van der Waals surface area contributed by atoms with E-state index < -0.39 is 0 Å². The van der Waals surface area contributed by atoms with Gasteiger partial charge in [-0.1, -0.05) is 45.3 Å². The molecule has 3 N–H and O–H groups in total. The Kier molecular flexibility index (Phi) is 8.28. The molecular formula is C11H22N2OS. The van der Waals surface area contributed by atoms with Gasteiger partial charge in [0.05, 0.1) is 11.0 Å². The van der Waals surface area contributed by atoms with E-state index in [0.29, 0.717) is 11.4 Å². The van der Waals surface area contributed by atoms with Crippen LogP contribution in [-0.4, -0.2) is 16.9 Å². The van der Waals surface area contributed by atoms with E-state index in [9.17, 15) is 4.79 Å². The molecule has 1 atom stereocenters. The molecule has 0 aliphatic heterocycles. The molecule has 1 amide bonds. The van der Waals surface area contributed by atoms with Crippen LogP contribution in [0.5, 0.6) is 0 Å². The van der Waals surface area contributed by atoms with Crippen LogP contribution in [0.4, 0.5) is 0 Å². The summed E-state index contributed by atoms with van der Waals surface area (Å²) in [6.45, 7) is 4.17. The first kappa shape index (κ1) is 14.4. The minimum atomic E-state index is -0.126. The predicted octanol–water partition coefficient (Wildman–Crippen LogP) is 2.14. The van der Waals surface area contributed by atoms with Gasteiger partial charge in [-0.05, 0) is 12.8 Å². The average Bonchev–Trinajstić information content (AvgIpc) is 2.17. The summed E-state index contributed by atoms with van der Waals surface area (Å²) in [5.74, 6) is 0.0645. The monoisotopic (exact) mass is 230 g/mol. The van der Waals surface area contributed by atoms with E-state index in [2.05, 4.69) is 19.2 Å². The molecule has 3 nitrogen and oxygen atoms in total. The van der Waals surface area contributed by atoms with E-state index in [4.69, 9.17) is 18.0 Å². The van der Waals surface area contributed by atoms with Crippen molar-refractivity contribution in [3.8, 4) is 0 Å². The average molecular weight is 230 g/mol. The second-order valence-corrected chi connectivity index (χ2v) is 4.24. The fourth-order valence-electron chi connectivity index (χ4n) is 1.38. The molecule has 0 aromatic rings. The van der Waals surface area contributed by atoms with Crippen LogP contribution in [0.25, 0.3) is 0 Å². The number of thiocarbonyl (C=S) groups is 1. The highest BCUT2D eigenvalue weighted by Crippen LogP contribution is 2.01. The topological polar surface area (TPSA) is 55.1 Å². The highest BCUT2D eigenvalue weighted by Gasteiger charge is 2.13. The summed E-state index contributed by atoms with van der Waals surface area (Å²) in [7, 11) is 0. The van der Waals surface area contributed by atoms with Crippen LogP contribution in [0, 0.1) is 0 Å². The van der Waals surface area contributed by atoms with Crippen molar-refractivity contribution in [1.82, 2.24) is 5.32 Å². The number of amides is 1. The summed E-state index contributed by atoms with van der Waals surface area (Å²) in [4.78, 5) is 11.9. The van der Waals surface area contributed by atoms with Gasteiger partial charge in [0.2, 0.25) is 5.91 Å². The zero-order chi connectivity index (χ0) is 11.7. The van der Waals surface area contributed by atoms with Gasteiger partial charge in [0.15, 0.2) is 0 Å². The Morgan fingerprint density at radius 1 is 1.33 bits per heavy atom. The van der Waals surface area contributed by atoms with Crippen LogP contribution in [0.15, 0.2) is 0 Å². The number of unbranched alkanes of at least 4 members (excludes halogenated alkanes) is 2. The molecule has 0 heterocycles. The van der Waals surface area contributed by atoms with Crippen molar-refractivity contribution in [2.45, 2.75) is 58.4 Å². The van der Waals surface area contributed by atoms with Gasteiger partial charge >= 0.3 is 0 Å². The van der Waals surface area contributed by atoms with Gasteiger partial charge in [0.1, 0.15) is 0 Å². The molecule has 0 radical (unpaired) electrons.